The van der Waals surface area contributed by atoms with Crippen molar-refractivity contribution in [1.82, 2.24) is 10.0 Å². The Hall–Kier alpha value is -1.95. The van der Waals surface area contributed by atoms with Crippen LogP contribution in [0, 0.1) is 0 Å². The van der Waals surface area contributed by atoms with Gasteiger partial charge >= 0.3 is 0 Å². The lowest BCUT2D eigenvalue weighted by Gasteiger charge is -2.41. The average molecular weight is 306 g/mol. The molecule has 2 atom stereocenters. The van der Waals surface area contributed by atoms with Crippen LogP contribution in [0.4, 0.5) is 0 Å². The van der Waals surface area contributed by atoms with E-state index in [2.05, 4.69) is 6.92 Å². The third-order valence-corrected chi connectivity index (χ3v) is 4.12. The van der Waals surface area contributed by atoms with Gasteiger partial charge in [-0.05, 0) is 38.8 Å². The lowest BCUT2D eigenvalue weighted by atomic mass is 10.1. The van der Waals surface area contributed by atoms with Crippen molar-refractivity contribution in [3.8, 4) is 17.2 Å². The molecule has 0 aliphatic carbocycles. The number of carbonyl (C=O) groups is 1. The number of hydrazine groups is 1. The van der Waals surface area contributed by atoms with Gasteiger partial charge in [-0.15, -0.1) is 0 Å². The molecular weight excluding hydrogens is 284 g/mol. The zero-order chi connectivity index (χ0) is 15.7. The molecule has 1 amide bonds. The molecule has 0 radical (unpaired) electrons. The van der Waals surface area contributed by atoms with E-state index in [4.69, 9.17) is 14.2 Å². The molecule has 0 aromatic heterocycles. The van der Waals surface area contributed by atoms with Gasteiger partial charge in [0, 0.05) is 25.7 Å². The molecule has 2 unspecified atom stereocenters. The van der Waals surface area contributed by atoms with Crippen molar-refractivity contribution in [2.24, 2.45) is 0 Å². The molecule has 6 heteroatoms. The van der Waals surface area contributed by atoms with Crippen LogP contribution in [0.2, 0.25) is 0 Å². The summed E-state index contributed by atoms with van der Waals surface area (Å²) in [6.45, 7) is 4.97. The van der Waals surface area contributed by atoms with Crippen LogP contribution in [0.5, 0.6) is 17.2 Å². The van der Waals surface area contributed by atoms with Crippen LogP contribution in [0.25, 0.3) is 0 Å². The molecule has 3 rings (SSSR count). The third-order valence-electron chi connectivity index (χ3n) is 4.12. The van der Waals surface area contributed by atoms with Gasteiger partial charge in [0.15, 0.2) is 17.6 Å². The van der Waals surface area contributed by atoms with Crippen molar-refractivity contribution in [3.63, 3.8) is 0 Å². The third kappa shape index (κ3) is 2.83. The van der Waals surface area contributed by atoms with Crippen molar-refractivity contribution in [2.45, 2.75) is 38.8 Å². The van der Waals surface area contributed by atoms with Crippen LogP contribution in [-0.2, 0) is 4.79 Å². The Balaban J connectivity index is 1.68. The minimum absolute atomic E-state index is 0.0210. The van der Waals surface area contributed by atoms with Crippen molar-refractivity contribution < 1.29 is 19.0 Å². The first-order chi connectivity index (χ1) is 10.6. The number of rotatable bonds is 3. The Bertz CT molecular complexity index is 553. The lowest BCUT2D eigenvalue weighted by Crippen LogP contribution is -2.56. The molecule has 6 nitrogen and oxygen atoms in total. The SMILES string of the molecule is CC(Oc1ccc2c(c1)OCO2)C(=O)N1C(C)CCCN1C. The highest BCUT2D eigenvalue weighted by molar-refractivity contribution is 5.80. The van der Waals surface area contributed by atoms with Crippen molar-refractivity contribution >= 4 is 5.91 Å². The van der Waals surface area contributed by atoms with Gasteiger partial charge in [-0.25, -0.2) is 5.01 Å². The monoisotopic (exact) mass is 306 g/mol. The van der Waals surface area contributed by atoms with E-state index in [1.807, 2.05) is 12.1 Å². The molecule has 22 heavy (non-hydrogen) atoms. The van der Waals surface area contributed by atoms with E-state index in [-0.39, 0.29) is 18.7 Å². The maximum absolute atomic E-state index is 12.7. The zero-order valence-corrected chi connectivity index (χ0v) is 13.2. The number of carbonyl (C=O) groups excluding carboxylic acids is 1. The van der Waals surface area contributed by atoms with Crippen molar-refractivity contribution in [2.75, 3.05) is 20.4 Å². The number of nitrogens with zero attached hydrogens (tertiary/aromatic N) is 2. The molecule has 1 aromatic rings. The minimum atomic E-state index is -0.552. The summed E-state index contributed by atoms with van der Waals surface area (Å²) < 4.78 is 16.4. The molecular formula is C16H22N2O4. The first-order valence-corrected chi connectivity index (χ1v) is 7.66. The molecule has 0 bridgehead atoms. The second-order valence-corrected chi connectivity index (χ2v) is 5.83. The van der Waals surface area contributed by atoms with Gasteiger partial charge < -0.3 is 14.2 Å². The van der Waals surface area contributed by atoms with Gasteiger partial charge in [-0.3, -0.25) is 9.80 Å². The summed E-state index contributed by atoms with van der Waals surface area (Å²) in [6.07, 6.45) is 1.58. The lowest BCUT2D eigenvalue weighted by molar-refractivity contribution is -0.163. The van der Waals surface area contributed by atoms with Gasteiger partial charge in [0.2, 0.25) is 6.79 Å². The number of amides is 1. The molecule has 2 heterocycles. The van der Waals surface area contributed by atoms with Crippen LogP contribution in [0.15, 0.2) is 18.2 Å². The first-order valence-electron chi connectivity index (χ1n) is 7.66. The van der Waals surface area contributed by atoms with E-state index in [0.717, 1.165) is 19.4 Å². The number of ether oxygens (including phenoxy) is 3. The molecule has 2 aliphatic heterocycles. The van der Waals surface area contributed by atoms with Crippen LogP contribution in [-0.4, -0.2) is 48.5 Å². The summed E-state index contributed by atoms with van der Waals surface area (Å²) in [4.78, 5) is 12.7. The van der Waals surface area contributed by atoms with E-state index < -0.39 is 6.10 Å². The van der Waals surface area contributed by atoms with Gasteiger partial charge in [0.05, 0.1) is 0 Å². The number of hydrogen-bond acceptors (Lipinski definition) is 5. The van der Waals surface area contributed by atoms with E-state index in [1.165, 1.54) is 0 Å². The first kappa shape index (κ1) is 15.0. The van der Waals surface area contributed by atoms with Gasteiger partial charge in [0.1, 0.15) is 5.75 Å². The van der Waals surface area contributed by atoms with Crippen LogP contribution >= 0.6 is 0 Å². The Labute approximate surface area is 130 Å². The molecule has 0 N–H and O–H groups in total. The molecule has 1 fully saturated rings. The summed E-state index contributed by atoms with van der Waals surface area (Å²) in [5, 5.41) is 3.79. The second kappa shape index (κ2) is 6.04. The second-order valence-electron chi connectivity index (χ2n) is 5.83. The quantitative estimate of drug-likeness (QED) is 0.855. The molecule has 0 spiro atoms. The Morgan fingerprint density at radius 3 is 2.91 bits per heavy atom. The summed E-state index contributed by atoms with van der Waals surface area (Å²) in [7, 11) is 1.95. The van der Waals surface area contributed by atoms with Crippen LogP contribution in [0.1, 0.15) is 26.7 Å². The molecule has 120 valence electrons. The average Bonchev–Trinajstić information content (AvgIpc) is 2.94. The normalized spacial score (nSPS) is 22.5. The predicted octanol–water partition coefficient (Wildman–Crippen LogP) is 2.04. The Kier molecular flexibility index (Phi) is 4.11. The number of hydrogen-bond donors (Lipinski definition) is 0. The molecule has 1 saturated heterocycles. The summed E-state index contributed by atoms with van der Waals surface area (Å²) in [5.74, 6) is 1.95. The van der Waals surface area contributed by atoms with Gasteiger partial charge in [-0.1, -0.05) is 0 Å². The summed E-state index contributed by atoms with van der Waals surface area (Å²) in [6, 6.07) is 5.55. The number of fused-ring (bicyclic) bond motifs is 1. The summed E-state index contributed by atoms with van der Waals surface area (Å²) in [5.41, 5.74) is 0. The van der Waals surface area contributed by atoms with Crippen molar-refractivity contribution in [1.29, 1.82) is 0 Å². The largest absolute Gasteiger partial charge is 0.481 e. The number of benzene rings is 1. The Morgan fingerprint density at radius 1 is 1.36 bits per heavy atom. The maximum Gasteiger partial charge on any atom is 0.277 e. The van der Waals surface area contributed by atoms with Gasteiger partial charge in [0.25, 0.3) is 5.91 Å². The van der Waals surface area contributed by atoms with Crippen molar-refractivity contribution in [3.05, 3.63) is 18.2 Å². The topological polar surface area (TPSA) is 51.2 Å². The highest BCUT2D eigenvalue weighted by atomic mass is 16.7. The highest BCUT2D eigenvalue weighted by Gasteiger charge is 2.32. The van der Waals surface area contributed by atoms with E-state index in [9.17, 15) is 4.79 Å². The molecule has 2 aliphatic rings. The fraction of sp³-hybridized carbons (Fsp3) is 0.562. The van der Waals surface area contributed by atoms with Crippen LogP contribution in [0.3, 0.4) is 0 Å². The Morgan fingerprint density at radius 2 is 2.14 bits per heavy atom. The minimum Gasteiger partial charge on any atom is -0.481 e. The predicted molar refractivity (Wildman–Crippen MR) is 80.8 cm³/mol. The standard InChI is InChI=1S/C16H22N2O4/c1-11-5-4-8-17(3)18(11)16(19)12(2)22-13-6-7-14-15(9-13)21-10-20-14/h6-7,9,11-12H,4-5,8,10H2,1-3H3. The molecule has 1 aromatic carbocycles. The fourth-order valence-corrected chi connectivity index (χ4v) is 2.96. The fourth-order valence-electron chi connectivity index (χ4n) is 2.96. The highest BCUT2D eigenvalue weighted by Crippen LogP contribution is 2.35. The van der Waals surface area contributed by atoms with E-state index in [0.29, 0.717) is 17.2 Å². The van der Waals surface area contributed by atoms with Gasteiger partial charge in [-0.2, -0.15) is 0 Å². The zero-order valence-electron chi connectivity index (χ0n) is 13.2. The smallest absolute Gasteiger partial charge is 0.277 e. The van der Waals surface area contributed by atoms with E-state index in [1.54, 1.807) is 30.1 Å². The molecule has 0 saturated carbocycles. The summed E-state index contributed by atoms with van der Waals surface area (Å²) >= 11 is 0. The van der Waals surface area contributed by atoms with Crippen LogP contribution < -0.4 is 14.2 Å². The maximum atomic E-state index is 12.7. The van der Waals surface area contributed by atoms with E-state index >= 15 is 0 Å².